The van der Waals surface area contributed by atoms with E-state index in [1.165, 1.54) is 0 Å². The van der Waals surface area contributed by atoms with Gasteiger partial charge >= 0.3 is 0 Å². The number of benzene rings is 1. The Hall–Kier alpha value is -1.29. The summed E-state index contributed by atoms with van der Waals surface area (Å²) in [7, 11) is 0. The molecular formula is C13H17NO2S. The van der Waals surface area contributed by atoms with Gasteiger partial charge in [0.25, 0.3) is 0 Å². The number of nitrogens with one attached hydrogen (secondary N) is 1. The number of hydrogen-bond donors (Lipinski definition) is 2. The molecule has 0 aliphatic rings. The van der Waals surface area contributed by atoms with Crippen LogP contribution in [0.5, 0.6) is 0 Å². The minimum atomic E-state index is -0.0977. The van der Waals surface area contributed by atoms with Gasteiger partial charge < -0.3 is 5.32 Å². The Morgan fingerprint density at radius 2 is 1.82 bits per heavy atom. The van der Waals surface area contributed by atoms with Crippen molar-refractivity contribution in [1.82, 2.24) is 5.32 Å². The van der Waals surface area contributed by atoms with Crippen molar-refractivity contribution in [3.63, 3.8) is 0 Å². The quantitative estimate of drug-likeness (QED) is 0.600. The first kappa shape index (κ1) is 13.8. The Bertz CT molecular complexity index is 387. The Kier molecular flexibility index (Phi) is 5.77. The van der Waals surface area contributed by atoms with E-state index in [0.29, 0.717) is 17.9 Å². The molecule has 0 saturated carbocycles. The molecule has 4 heteroatoms. The van der Waals surface area contributed by atoms with Gasteiger partial charge in [0.1, 0.15) is 0 Å². The van der Waals surface area contributed by atoms with Crippen molar-refractivity contribution in [1.29, 1.82) is 0 Å². The Balaban J connectivity index is 2.39. The zero-order chi connectivity index (χ0) is 12.7. The summed E-state index contributed by atoms with van der Waals surface area (Å²) < 4.78 is 0. The first-order valence-corrected chi connectivity index (χ1v) is 6.24. The number of rotatable bonds is 6. The summed E-state index contributed by atoms with van der Waals surface area (Å²) in [5.74, 6) is 0.517. The number of amides is 1. The third-order valence-corrected chi connectivity index (χ3v) is 2.61. The Labute approximate surface area is 107 Å². The molecule has 1 aromatic carbocycles. The third-order valence-electron chi connectivity index (χ3n) is 2.39. The Morgan fingerprint density at radius 3 is 2.41 bits per heavy atom. The average Bonchev–Trinajstić information content (AvgIpc) is 2.34. The average molecular weight is 251 g/mol. The van der Waals surface area contributed by atoms with Gasteiger partial charge in [-0.15, -0.1) is 0 Å². The number of carbonyl (C=O) groups is 2. The molecule has 1 rings (SSSR count). The van der Waals surface area contributed by atoms with Gasteiger partial charge in [0, 0.05) is 30.7 Å². The SMILES string of the molecule is Cc1ccc(C(=O)CCC(=O)NCCS)cc1. The van der Waals surface area contributed by atoms with E-state index in [9.17, 15) is 9.59 Å². The molecule has 0 radical (unpaired) electrons. The Morgan fingerprint density at radius 1 is 1.18 bits per heavy atom. The first-order chi connectivity index (χ1) is 8.13. The number of Topliss-reactive ketones (excluding diaryl/α,β-unsaturated/α-hetero) is 1. The van der Waals surface area contributed by atoms with Crippen molar-refractivity contribution < 1.29 is 9.59 Å². The van der Waals surface area contributed by atoms with E-state index in [1.807, 2.05) is 19.1 Å². The lowest BCUT2D eigenvalue weighted by Crippen LogP contribution is -2.25. The summed E-state index contributed by atoms with van der Waals surface area (Å²) in [6.45, 7) is 2.51. The molecule has 0 spiro atoms. The van der Waals surface area contributed by atoms with Crippen LogP contribution < -0.4 is 5.32 Å². The van der Waals surface area contributed by atoms with Crippen LogP contribution in [-0.2, 0) is 4.79 Å². The monoisotopic (exact) mass is 251 g/mol. The van der Waals surface area contributed by atoms with Crippen LogP contribution in [0.3, 0.4) is 0 Å². The summed E-state index contributed by atoms with van der Waals surface area (Å²) in [6, 6.07) is 7.38. The van der Waals surface area contributed by atoms with E-state index in [0.717, 1.165) is 5.56 Å². The van der Waals surface area contributed by atoms with Crippen LogP contribution in [0.1, 0.15) is 28.8 Å². The number of aryl methyl sites for hydroxylation is 1. The lowest BCUT2D eigenvalue weighted by atomic mass is 10.1. The zero-order valence-corrected chi connectivity index (χ0v) is 10.8. The number of hydrogen-bond acceptors (Lipinski definition) is 3. The van der Waals surface area contributed by atoms with Gasteiger partial charge in [-0.05, 0) is 6.92 Å². The highest BCUT2D eigenvalue weighted by molar-refractivity contribution is 7.80. The van der Waals surface area contributed by atoms with Gasteiger partial charge in [0.05, 0.1) is 0 Å². The highest BCUT2D eigenvalue weighted by Gasteiger charge is 2.08. The van der Waals surface area contributed by atoms with Gasteiger partial charge in [-0.1, -0.05) is 29.8 Å². The van der Waals surface area contributed by atoms with Crippen LogP contribution in [0.2, 0.25) is 0 Å². The highest BCUT2D eigenvalue weighted by Crippen LogP contribution is 2.07. The summed E-state index contributed by atoms with van der Waals surface area (Å²) in [5.41, 5.74) is 1.78. The number of thiol groups is 1. The van der Waals surface area contributed by atoms with Gasteiger partial charge in [-0.25, -0.2) is 0 Å². The third kappa shape index (κ3) is 5.04. The van der Waals surface area contributed by atoms with Crippen LogP contribution in [0.25, 0.3) is 0 Å². The predicted octanol–water partition coefficient (Wildman–Crippen LogP) is 2.00. The number of carbonyl (C=O) groups excluding carboxylic acids is 2. The predicted molar refractivity (Wildman–Crippen MR) is 71.6 cm³/mol. The second kappa shape index (κ2) is 7.12. The smallest absolute Gasteiger partial charge is 0.220 e. The molecule has 0 aliphatic heterocycles. The first-order valence-electron chi connectivity index (χ1n) is 5.61. The van der Waals surface area contributed by atoms with Crippen molar-refractivity contribution >= 4 is 24.3 Å². The lowest BCUT2D eigenvalue weighted by molar-refractivity contribution is -0.120. The van der Waals surface area contributed by atoms with E-state index in [2.05, 4.69) is 17.9 Å². The molecule has 1 amide bonds. The summed E-state index contributed by atoms with van der Waals surface area (Å²) in [5, 5.41) is 2.68. The van der Waals surface area contributed by atoms with Crippen LogP contribution in [0.4, 0.5) is 0 Å². The van der Waals surface area contributed by atoms with Crippen LogP contribution >= 0.6 is 12.6 Å². The van der Waals surface area contributed by atoms with Crippen LogP contribution in [0.15, 0.2) is 24.3 Å². The summed E-state index contributed by atoms with van der Waals surface area (Å²) in [6.07, 6.45) is 0.488. The van der Waals surface area contributed by atoms with Gasteiger partial charge in [0.2, 0.25) is 5.91 Å². The molecule has 0 saturated heterocycles. The molecule has 0 atom stereocenters. The van der Waals surface area contributed by atoms with Crippen molar-refractivity contribution in [3.05, 3.63) is 35.4 Å². The highest BCUT2D eigenvalue weighted by atomic mass is 32.1. The van der Waals surface area contributed by atoms with E-state index >= 15 is 0 Å². The number of ketones is 1. The van der Waals surface area contributed by atoms with Crippen molar-refractivity contribution in [3.8, 4) is 0 Å². The second-order valence-corrected chi connectivity index (χ2v) is 4.31. The van der Waals surface area contributed by atoms with Crippen LogP contribution in [0, 0.1) is 6.92 Å². The van der Waals surface area contributed by atoms with Gasteiger partial charge in [0.15, 0.2) is 5.78 Å². The topological polar surface area (TPSA) is 46.2 Å². The van der Waals surface area contributed by atoms with Crippen LogP contribution in [-0.4, -0.2) is 24.0 Å². The van der Waals surface area contributed by atoms with Crippen molar-refractivity contribution in [2.24, 2.45) is 0 Å². The molecule has 0 bridgehead atoms. The molecule has 0 heterocycles. The standard InChI is InChI=1S/C13H17NO2S/c1-10-2-4-11(5-3-10)12(15)6-7-13(16)14-8-9-17/h2-5,17H,6-9H2,1H3,(H,14,16). The van der Waals surface area contributed by atoms with Crippen molar-refractivity contribution in [2.75, 3.05) is 12.3 Å². The minimum absolute atomic E-state index is 0.00558. The van der Waals surface area contributed by atoms with Gasteiger partial charge in [-0.3, -0.25) is 9.59 Å². The molecule has 0 unspecified atom stereocenters. The lowest BCUT2D eigenvalue weighted by Gasteiger charge is -2.03. The maximum atomic E-state index is 11.7. The molecule has 0 aromatic heterocycles. The second-order valence-electron chi connectivity index (χ2n) is 3.86. The fourth-order valence-corrected chi connectivity index (χ4v) is 1.51. The van der Waals surface area contributed by atoms with E-state index < -0.39 is 0 Å². The van der Waals surface area contributed by atoms with Gasteiger partial charge in [-0.2, -0.15) is 12.6 Å². The molecule has 0 aliphatic carbocycles. The molecule has 17 heavy (non-hydrogen) atoms. The molecule has 1 aromatic rings. The molecule has 1 N–H and O–H groups in total. The van der Waals surface area contributed by atoms with E-state index in [4.69, 9.17) is 0 Å². The minimum Gasteiger partial charge on any atom is -0.355 e. The molecule has 92 valence electrons. The summed E-state index contributed by atoms with van der Waals surface area (Å²) >= 11 is 3.99. The molecule has 3 nitrogen and oxygen atoms in total. The zero-order valence-electron chi connectivity index (χ0n) is 9.90. The molecular weight excluding hydrogens is 234 g/mol. The normalized spacial score (nSPS) is 10.0. The van der Waals surface area contributed by atoms with E-state index in [1.54, 1.807) is 12.1 Å². The largest absolute Gasteiger partial charge is 0.355 e. The maximum Gasteiger partial charge on any atom is 0.220 e. The maximum absolute atomic E-state index is 11.7. The van der Waals surface area contributed by atoms with E-state index in [-0.39, 0.29) is 24.5 Å². The fourth-order valence-electron chi connectivity index (χ4n) is 1.39. The summed E-state index contributed by atoms with van der Waals surface area (Å²) in [4.78, 5) is 23.0. The fraction of sp³-hybridized carbons (Fsp3) is 0.385. The molecule has 0 fully saturated rings. The van der Waals surface area contributed by atoms with Crippen molar-refractivity contribution in [2.45, 2.75) is 19.8 Å².